The van der Waals surface area contributed by atoms with Crippen molar-refractivity contribution in [1.82, 2.24) is 0 Å². The number of nitrogens with two attached hydrogens (primary N) is 1. The number of rotatable bonds is 7. The molecule has 0 saturated carbocycles. The lowest BCUT2D eigenvalue weighted by Crippen LogP contribution is -2.33. The summed E-state index contributed by atoms with van der Waals surface area (Å²) >= 11 is 0. The van der Waals surface area contributed by atoms with Gasteiger partial charge in [0, 0.05) is 26.4 Å². The Hall–Kier alpha value is -0.630. The molecule has 0 radical (unpaired) electrons. The largest absolute Gasteiger partial charge is 0.381 e. The third-order valence-corrected chi connectivity index (χ3v) is 3.18. The van der Waals surface area contributed by atoms with Crippen molar-refractivity contribution < 1.29 is 9.47 Å². The van der Waals surface area contributed by atoms with E-state index in [1.54, 1.807) is 6.92 Å². The minimum Gasteiger partial charge on any atom is -0.381 e. The van der Waals surface area contributed by atoms with Gasteiger partial charge in [-0.15, -0.1) is 0 Å². The Balaban J connectivity index is 1.92. The molecule has 0 bridgehead atoms. The van der Waals surface area contributed by atoms with Crippen LogP contribution in [0.5, 0.6) is 0 Å². The van der Waals surface area contributed by atoms with Crippen molar-refractivity contribution in [3.8, 4) is 6.07 Å². The van der Waals surface area contributed by atoms with Crippen LogP contribution in [-0.2, 0) is 9.47 Å². The molecular weight excluding hydrogens is 216 g/mol. The van der Waals surface area contributed by atoms with Crippen LogP contribution in [0.25, 0.3) is 0 Å². The van der Waals surface area contributed by atoms with Gasteiger partial charge in [0.05, 0.1) is 6.07 Å². The average molecular weight is 240 g/mol. The van der Waals surface area contributed by atoms with Crippen LogP contribution in [0, 0.1) is 17.2 Å². The highest BCUT2D eigenvalue weighted by molar-refractivity contribution is 5.00. The Morgan fingerprint density at radius 1 is 1.41 bits per heavy atom. The molecule has 0 amide bonds. The van der Waals surface area contributed by atoms with Crippen molar-refractivity contribution in [3.63, 3.8) is 0 Å². The quantitative estimate of drug-likeness (QED) is 0.689. The molecule has 1 heterocycles. The topological polar surface area (TPSA) is 68.3 Å². The molecule has 1 fully saturated rings. The first-order chi connectivity index (χ1) is 8.14. The van der Waals surface area contributed by atoms with E-state index in [1.165, 1.54) is 0 Å². The summed E-state index contributed by atoms with van der Waals surface area (Å²) in [5, 5.41) is 8.75. The molecule has 1 aliphatic heterocycles. The predicted molar refractivity (Wildman–Crippen MR) is 66.4 cm³/mol. The summed E-state index contributed by atoms with van der Waals surface area (Å²) in [5.74, 6) is 0.669. The van der Waals surface area contributed by atoms with Crippen LogP contribution in [-0.4, -0.2) is 32.0 Å². The van der Waals surface area contributed by atoms with Crippen LogP contribution in [0.2, 0.25) is 0 Å². The SMILES string of the molecule is CC(N)(C#N)CCCCOCC1CCOCC1. The number of nitrogens with zero attached hydrogens (tertiary/aromatic N) is 1. The van der Waals surface area contributed by atoms with Gasteiger partial charge in [-0.3, -0.25) is 0 Å². The fraction of sp³-hybridized carbons (Fsp3) is 0.923. The molecule has 4 heteroatoms. The molecule has 0 aromatic carbocycles. The van der Waals surface area contributed by atoms with Gasteiger partial charge in [-0.2, -0.15) is 5.26 Å². The van der Waals surface area contributed by atoms with E-state index in [2.05, 4.69) is 6.07 Å². The maximum Gasteiger partial charge on any atom is 0.101 e. The lowest BCUT2D eigenvalue weighted by atomic mass is 9.98. The average Bonchev–Trinajstić information content (AvgIpc) is 2.35. The zero-order chi connectivity index (χ0) is 12.6. The molecule has 1 rings (SSSR count). The number of hydrogen-bond donors (Lipinski definition) is 1. The molecule has 98 valence electrons. The van der Waals surface area contributed by atoms with Crippen LogP contribution >= 0.6 is 0 Å². The van der Waals surface area contributed by atoms with Crippen molar-refractivity contribution >= 4 is 0 Å². The Kier molecular flexibility index (Phi) is 6.49. The van der Waals surface area contributed by atoms with Gasteiger partial charge < -0.3 is 15.2 Å². The molecular formula is C13H24N2O2. The standard InChI is InChI=1S/C13H24N2O2/c1-13(15,11-14)6-2-3-7-17-10-12-4-8-16-9-5-12/h12H,2-10,15H2,1H3. The highest BCUT2D eigenvalue weighted by atomic mass is 16.5. The molecule has 4 nitrogen and oxygen atoms in total. The van der Waals surface area contributed by atoms with E-state index in [-0.39, 0.29) is 0 Å². The van der Waals surface area contributed by atoms with Gasteiger partial charge in [-0.1, -0.05) is 0 Å². The van der Waals surface area contributed by atoms with Gasteiger partial charge in [-0.25, -0.2) is 0 Å². The first kappa shape index (κ1) is 14.4. The third-order valence-electron chi connectivity index (χ3n) is 3.18. The van der Waals surface area contributed by atoms with Gasteiger partial charge >= 0.3 is 0 Å². The minimum atomic E-state index is -0.680. The van der Waals surface area contributed by atoms with Crippen molar-refractivity contribution in [2.75, 3.05) is 26.4 Å². The molecule has 0 aliphatic carbocycles. The molecule has 0 aromatic heterocycles. The summed E-state index contributed by atoms with van der Waals surface area (Å²) in [6.07, 6.45) is 4.92. The maximum atomic E-state index is 8.75. The van der Waals surface area contributed by atoms with Gasteiger partial charge in [0.25, 0.3) is 0 Å². The summed E-state index contributed by atoms with van der Waals surface area (Å²) in [6, 6.07) is 2.11. The normalized spacial score (nSPS) is 20.8. The second-order valence-corrected chi connectivity index (χ2v) is 5.12. The van der Waals surface area contributed by atoms with E-state index in [1.807, 2.05) is 0 Å². The van der Waals surface area contributed by atoms with Crippen LogP contribution in [0.1, 0.15) is 39.0 Å². The fourth-order valence-electron chi connectivity index (χ4n) is 1.92. The first-order valence-electron chi connectivity index (χ1n) is 6.50. The van der Waals surface area contributed by atoms with E-state index in [0.717, 1.165) is 58.5 Å². The van der Waals surface area contributed by atoms with Crippen LogP contribution in [0.3, 0.4) is 0 Å². The van der Waals surface area contributed by atoms with Gasteiger partial charge in [0.1, 0.15) is 5.54 Å². The van der Waals surface area contributed by atoms with E-state index in [4.69, 9.17) is 20.5 Å². The van der Waals surface area contributed by atoms with E-state index in [0.29, 0.717) is 5.92 Å². The number of nitriles is 1. The summed E-state index contributed by atoms with van der Waals surface area (Å²) in [5.41, 5.74) is 5.05. The Bertz CT molecular complexity index is 242. The van der Waals surface area contributed by atoms with Crippen molar-refractivity contribution in [3.05, 3.63) is 0 Å². The Morgan fingerprint density at radius 3 is 2.76 bits per heavy atom. The van der Waals surface area contributed by atoms with Crippen molar-refractivity contribution in [2.45, 2.75) is 44.6 Å². The van der Waals surface area contributed by atoms with E-state index in [9.17, 15) is 0 Å². The monoisotopic (exact) mass is 240 g/mol. The zero-order valence-electron chi connectivity index (χ0n) is 10.8. The summed E-state index contributed by atoms with van der Waals surface area (Å²) in [6.45, 7) is 5.15. The van der Waals surface area contributed by atoms with Crippen LogP contribution < -0.4 is 5.73 Å². The lowest BCUT2D eigenvalue weighted by molar-refractivity contribution is 0.0197. The molecule has 0 aromatic rings. The highest BCUT2D eigenvalue weighted by Crippen LogP contribution is 2.15. The summed E-state index contributed by atoms with van der Waals surface area (Å²) < 4.78 is 10.9. The van der Waals surface area contributed by atoms with Gasteiger partial charge in [0.15, 0.2) is 0 Å². The van der Waals surface area contributed by atoms with Crippen LogP contribution in [0.4, 0.5) is 0 Å². The molecule has 1 unspecified atom stereocenters. The van der Waals surface area contributed by atoms with E-state index < -0.39 is 5.54 Å². The second-order valence-electron chi connectivity index (χ2n) is 5.12. The number of hydrogen-bond acceptors (Lipinski definition) is 4. The molecule has 2 N–H and O–H groups in total. The third kappa shape index (κ3) is 6.62. The smallest absolute Gasteiger partial charge is 0.101 e. The number of unbranched alkanes of at least 4 members (excludes halogenated alkanes) is 1. The van der Waals surface area contributed by atoms with Gasteiger partial charge in [-0.05, 0) is 44.9 Å². The molecule has 0 spiro atoms. The molecule has 1 saturated heterocycles. The highest BCUT2D eigenvalue weighted by Gasteiger charge is 2.16. The van der Waals surface area contributed by atoms with Gasteiger partial charge in [0.2, 0.25) is 0 Å². The summed E-state index contributed by atoms with van der Waals surface area (Å²) in [4.78, 5) is 0. The molecule has 1 atom stereocenters. The maximum absolute atomic E-state index is 8.75. The molecule has 17 heavy (non-hydrogen) atoms. The first-order valence-corrected chi connectivity index (χ1v) is 6.50. The Morgan fingerprint density at radius 2 is 2.12 bits per heavy atom. The predicted octanol–water partition coefficient (Wildman–Crippen LogP) is 1.84. The zero-order valence-corrected chi connectivity index (χ0v) is 10.8. The lowest BCUT2D eigenvalue weighted by Gasteiger charge is -2.21. The minimum absolute atomic E-state index is 0.669. The molecule has 1 aliphatic rings. The van der Waals surface area contributed by atoms with E-state index >= 15 is 0 Å². The fourth-order valence-corrected chi connectivity index (χ4v) is 1.92. The Labute approximate surface area is 104 Å². The van der Waals surface area contributed by atoms with Crippen molar-refractivity contribution in [2.24, 2.45) is 11.7 Å². The van der Waals surface area contributed by atoms with Crippen LogP contribution in [0.15, 0.2) is 0 Å². The van der Waals surface area contributed by atoms with Crippen molar-refractivity contribution in [1.29, 1.82) is 5.26 Å². The second kappa shape index (κ2) is 7.65. The summed E-state index contributed by atoms with van der Waals surface area (Å²) in [7, 11) is 0. The number of ether oxygens (including phenoxy) is 2.